The number of hydrogen-bond donors (Lipinski definition) is 2. The molecule has 144 valence electrons. The number of aromatic nitrogens is 6. The molecule has 3 aromatic heterocycles. The minimum Gasteiger partial charge on any atom is -0.352 e. The molecule has 3 heterocycles. The van der Waals surface area contributed by atoms with Crippen LogP contribution < -0.4 is 10.9 Å². The van der Waals surface area contributed by atoms with Gasteiger partial charge in [0.1, 0.15) is 5.39 Å². The van der Waals surface area contributed by atoms with E-state index in [1.165, 1.54) is 0 Å². The molecule has 0 fully saturated rings. The fraction of sp³-hybridized carbons (Fsp3) is 0.300. The average Bonchev–Trinajstić information content (AvgIpc) is 3.26. The van der Waals surface area contributed by atoms with Crippen LogP contribution in [0.4, 0.5) is 5.95 Å². The summed E-state index contributed by atoms with van der Waals surface area (Å²) in [6, 6.07) is 8.19. The summed E-state index contributed by atoms with van der Waals surface area (Å²) < 4.78 is 3.55. The van der Waals surface area contributed by atoms with E-state index in [2.05, 4.69) is 37.6 Å². The van der Waals surface area contributed by atoms with E-state index in [0.29, 0.717) is 23.5 Å². The molecule has 1 aromatic carbocycles. The van der Waals surface area contributed by atoms with Gasteiger partial charge in [-0.2, -0.15) is 15.2 Å². The maximum Gasteiger partial charge on any atom is 0.263 e. The molecule has 0 bridgehead atoms. The number of nitrogens with one attached hydrogen (secondary N) is 2. The van der Waals surface area contributed by atoms with Crippen LogP contribution in [0.1, 0.15) is 26.3 Å². The van der Waals surface area contributed by atoms with Crippen molar-refractivity contribution in [2.24, 2.45) is 7.05 Å². The molecule has 8 heteroatoms. The fourth-order valence-corrected chi connectivity index (χ4v) is 3.11. The van der Waals surface area contributed by atoms with Crippen molar-refractivity contribution in [3.8, 4) is 11.1 Å². The SMILES string of the molecule is Cn1cc(-c2cccc(CNc3nc4c(cnn4C(C)(C)C)c(=O)[nH]3)c2)cn1. The Hall–Kier alpha value is -3.42. The maximum atomic E-state index is 12.4. The number of nitrogens with zero attached hydrogens (tertiary/aromatic N) is 5. The van der Waals surface area contributed by atoms with E-state index in [0.717, 1.165) is 16.7 Å². The van der Waals surface area contributed by atoms with E-state index in [4.69, 9.17) is 0 Å². The molecule has 4 aromatic rings. The summed E-state index contributed by atoms with van der Waals surface area (Å²) in [4.78, 5) is 19.8. The molecule has 4 rings (SSSR count). The summed E-state index contributed by atoms with van der Waals surface area (Å²) in [5.41, 5.74) is 3.34. The van der Waals surface area contributed by atoms with Crippen LogP contribution in [0.2, 0.25) is 0 Å². The van der Waals surface area contributed by atoms with Gasteiger partial charge in [-0.1, -0.05) is 18.2 Å². The summed E-state index contributed by atoms with van der Waals surface area (Å²) in [6.45, 7) is 6.62. The molecular weight excluding hydrogens is 354 g/mol. The highest BCUT2D eigenvalue weighted by atomic mass is 16.1. The zero-order chi connectivity index (χ0) is 19.9. The van der Waals surface area contributed by atoms with Crippen LogP contribution in [0.5, 0.6) is 0 Å². The van der Waals surface area contributed by atoms with Crippen molar-refractivity contribution in [1.29, 1.82) is 0 Å². The standard InChI is InChI=1S/C20H23N7O/c1-20(2,3)27-17-16(11-23-27)18(28)25-19(24-17)21-9-13-6-5-7-14(8-13)15-10-22-26(4)12-15/h5-8,10-12H,9H2,1-4H3,(H2,21,24,25,28). The number of aromatic amines is 1. The van der Waals surface area contributed by atoms with Gasteiger partial charge in [0.05, 0.1) is 17.9 Å². The Morgan fingerprint density at radius 1 is 1.14 bits per heavy atom. The summed E-state index contributed by atoms with van der Waals surface area (Å²) in [6.07, 6.45) is 5.38. The summed E-state index contributed by atoms with van der Waals surface area (Å²) >= 11 is 0. The third kappa shape index (κ3) is 3.40. The zero-order valence-corrected chi connectivity index (χ0v) is 16.4. The molecule has 0 amide bonds. The smallest absolute Gasteiger partial charge is 0.263 e. The molecule has 0 atom stereocenters. The highest BCUT2D eigenvalue weighted by molar-refractivity contribution is 5.74. The molecule has 8 nitrogen and oxygen atoms in total. The Morgan fingerprint density at radius 2 is 1.96 bits per heavy atom. The van der Waals surface area contributed by atoms with Crippen molar-refractivity contribution in [2.45, 2.75) is 32.9 Å². The number of hydrogen-bond acceptors (Lipinski definition) is 5. The lowest BCUT2D eigenvalue weighted by molar-refractivity contribution is 0.366. The molecule has 28 heavy (non-hydrogen) atoms. The van der Waals surface area contributed by atoms with E-state index in [9.17, 15) is 4.79 Å². The van der Waals surface area contributed by atoms with Crippen LogP contribution >= 0.6 is 0 Å². The lowest BCUT2D eigenvalue weighted by atomic mass is 10.1. The molecule has 0 aliphatic carbocycles. The Kier molecular flexibility index (Phi) is 4.26. The highest BCUT2D eigenvalue weighted by Gasteiger charge is 2.19. The topological polar surface area (TPSA) is 93.4 Å². The Morgan fingerprint density at radius 3 is 2.68 bits per heavy atom. The zero-order valence-electron chi connectivity index (χ0n) is 16.4. The van der Waals surface area contributed by atoms with E-state index < -0.39 is 0 Å². The van der Waals surface area contributed by atoms with Crippen LogP contribution in [0, 0.1) is 0 Å². The number of aryl methyl sites for hydroxylation is 1. The second-order valence-corrected chi connectivity index (χ2v) is 7.84. The number of benzene rings is 1. The maximum absolute atomic E-state index is 12.4. The van der Waals surface area contributed by atoms with Gasteiger partial charge >= 0.3 is 0 Å². The Balaban J connectivity index is 1.60. The monoisotopic (exact) mass is 377 g/mol. The first-order chi connectivity index (χ1) is 13.3. The van der Waals surface area contributed by atoms with Gasteiger partial charge in [-0.25, -0.2) is 4.68 Å². The molecule has 0 saturated carbocycles. The average molecular weight is 377 g/mol. The lowest BCUT2D eigenvalue weighted by Gasteiger charge is -2.19. The predicted octanol–water partition coefficient (Wildman–Crippen LogP) is 2.89. The Labute approximate surface area is 162 Å². The van der Waals surface area contributed by atoms with E-state index >= 15 is 0 Å². The van der Waals surface area contributed by atoms with Crippen molar-refractivity contribution in [1.82, 2.24) is 29.5 Å². The molecule has 2 N–H and O–H groups in total. The largest absolute Gasteiger partial charge is 0.352 e. The second kappa shape index (κ2) is 6.63. The molecule has 0 spiro atoms. The molecule has 0 unspecified atom stereocenters. The van der Waals surface area contributed by atoms with Crippen LogP contribution in [0.25, 0.3) is 22.2 Å². The predicted molar refractivity (Wildman–Crippen MR) is 109 cm³/mol. The van der Waals surface area contributed by atoms with Crippen LogP contribution in [-0.4, -0.2) is 29.5 Å². The van der Waals surface area contributed by atoms with Crippen molar-refractivity contribution >= 4 is 17.0 Å². The highest BCUT2D eigenvalue weighted by Crippen LogP contribution is 2.21. The van der Waals surface area contributed by atoms with Crippen molar-refractivity contribution in [3.63, 3.8) is 0 Å². The van der Waals surface area contributed by atoms with Gasteiger partial charge in [0.25, 0.3) is 5.56 Å². The van der Waals surface area contributed by atoms with Crippen LogP contribution in [0.3, 0.4) is 0 Å². The molecule has 0 aliphatic rings. The summed E-state index contributed by atoms with van der Waals surface area (Å²) in [7, 11) is 1.90. The molecular formula is C20H23N7O. The van der Waals surface area contributed by atoms with Crippen molar-refractivity contribution in [3.05, 3.63) is 58.8 Å². The van der Waals surface area contributed by atoms with Gasteiger partial charge in [-0.15, -0.1) is 0 Å². The quantitative estimate of drug-likeness (QED) is 0.570. The minimum atomic E-state index is -0.266. The molecule has 0 radical (unpaired) electrons. The van der Waals surface area contributed by atoms with E-state index in [1.807, 2.05) is 52.3 Å². The van der Waals surface area contributed by atoms with Gasteiger partial charge in [0.15, 0.2) is 5.65 Å². The molecule has 0 saturated heterocycles. The summed E-state index contributed by atoms with van der Waals surface area (Å²) in [5.74, 6) is 0.426. The number of anilines is 1. The van der Waals surface area contributed by atoms with Gasteiger partial charge in [-0.3, -0.25) is 14.5 Å². The first-order valence-corrected chi connectivity index (χ1v) is 9.11. The normalized spacial score (nSPS) is 11.9. The molecule has 0 aliphatic heterocycles. The van der Waals surface area contributed by atoms with Gasteiger partial charge in [0.2, 0.25) is 5.95 Å². The van der Waals surface area contributed by atoms with Gasteiger partial charge in [0, 0.05) is 25.4 Å². The first-order valence-electron chi connectivity index (χ1n) is 9.11. The van der Waals surface area contributed by atoms with Crippen molar-refractivity contribution < 1.29 is 0 Å². The van der Waals surface area contributed by atoms with E-state index in [-0.39, 0.29) is 11.1 Å². The second-order valence-electron chi connectivity index (χ2n) is 7.84. The fourth-order valence-electron chi connectivity index (χ4n) is 3.11. The van der Waals surface area contributed by atoms with E-state index in [1.54, 1.807) is 15.6 Å². The van der Waals surface area contributed by atoms with Crippen molar-refractivity contribution in [2.75, 3.05) is 5.32 Å². The number of rotatable bonds is 4. The van der Waals surface area contributed by atoms with Crippen LogP contribution in [0.15, 0.2) is 47.7 Å². The van der Waals surface area contributed by atoms with Gasteiger partial charge in [-0.05, 0) is 38.0 Å². The third-order valence-corrected chi connectivity index (χ3v) is 4.50. The number of H-pyrrole nitrogens is 1. The number of fused-ring (bicyclic) bond motifs is 1. The third-order valence-electron chi connectivity index (χ3n) is 4.50. The Bertz CT molecular complexity index is 1190. The van der Waals surface area contributed by atoms with Crippen LogP contribution in [-0.2, 0) is 19.1 Å². The summed E-state index contributed by atoms with van der Waals surface area (Å²) in [5, 5.41) is 12.3. The first kappa shape index (κ1) is 18.0. The lowest BCUT2D eigenvalue weighted by Crippen LogP contribution is -2.24. The minimum absolute atomic E-state index is 0.202. The van der Waals surface area contributed by atoms with Gasteiger partial charge < -0.3 is 5.32 Å².